The monoisotopic (exact) mass is 244 g/mol. The molecule has 1 aromatic rings. The summed E-state index contributed by atoms with van der Waals surface area (Å²) in [6.45, 7) is 8.69. The molecule has 1 heterocycles. The molecule has 86 valence electrons. The summed E-state index contributed by atoms with van der Waals surface area (Å²) in [6.07, 6.45) is 3.19. The lowest BCUT2D eigenvalue weighted by molar-refractivity contribution is 0.681. The van der Waals surface area contributed by atoms with Crippen LogP contribution in [0.15, 0.2) is 6.20 Å². The zero-order chi connectivity index (χ0) is 11.1. The van der Waals surface area contributed by atoms with Crippen LogP contribution in [0.25, 0.3) is 0 Å². The normalized spacial score (nSPS) is 11.2. The van der Waals surface area contributed by atoms with Crippen LogP contribution in [-0.2, 0) is 12.3 Å². The number of rotatable bonds is 7. The van der Waals surface area contributed by atoms with Crippen molar-refractivity contribution in [2.45, 2.75) is 44.7 Å². The molecule has 0 aliphatic heterocycles. The van der Waals surface area contributed by atoms with Gasteiger partial charge in [-0.3, -0.25) is 0 Å². The van der Waals surface area contributed by atoms with E-state index in [2.05, 4.69) is 31.1 Å². The van der Waals surface area contributed by atoms with Gasteiger partial charge in [-0.25, -0.2) is 4.98 Å². The van der Waals surface area contributed by atoms with Gasteiger partial charge in [-0.2, -0.15) is 11.8 Å². The molecule has 1 aromatic heterocycles. The first kappa shape index (κ1) is 13.0. The van der Waals surface area contributed by atoms with Crippen LogP contribution < -0.4 is 5.32 Å². The highest BCUT2D eigenvalue weighted by atomic mass is 32.2. The minimum Gasteiger partial charge on any atom is -0.312 e. The zero-order valence-corrected chi connectivity index (χ0v) is 11.4. The summed E-state index contributed by atoms with van der Waals surface area (Å²) in [5.41, 5.74) is 0. The van der Waals surface area contributed by atoms with Gasteiger partial charge in [-0.15, -0.1) is 11.3 Å². The summed E-state index contributed by atoms with van der Waals surface area (Å²) in [6, 6.07) is 0. The third kappa shape index (κ3) is 5.54. The number of nitrogens with one attached hydrogen (secondary N) is 1. The Kier molecular flexibility index (Phi) is 6.29. The molecule has 0 aliphatic rings. The number of hydrogen-bond acceptors (Lipinski definition) is 4. The maximum atomic E-state index is 4.42. The molecule has 0 amide bonds. The lowest BCUT2D eigenvalue weighted by atomic mass is 10.4. The average Bonchev–Trinajstić information content (AvgIpc) is 2.63. The van der Waals surface area contributed by atoms with Crippen molar-refractivity contribution in [3.63, 3.8) is 0 Å². The third-order valence-corrected chi connectivity index (χ3v) is 4.15. The standard InChI is InChI=1S/C11H20N2S2/c1-4-5-12-6-10-7-13-11(15-10)8-14-9(2)3/h7,9,12H,4-6,8H2,1-3H3. The second kappa shape index (κ2) is 7.25. The average molecular weight is 244 g/mol. The highest BCUT2D eigenvalue weighted by Gasteiger charge is 2.03. The third-order valence-electron chi connectivity index (χ3n) is 1.87. The fourth-order valence-corrected chi connectivity index (χ4v) is 2.80. The molecule has 0 radical (unpaired) electrons. The molecule has 0 saturated heterocycles. The van der Waals surface area contributed by atoms with Crippen molar-refractivity contribution in [1.82, 2.24) is 10.3 Å². The van der Waals surface area contributed by atoms with E-state index in [9.17, 15) is 0 Å². The molecule has 0 spiro atoms. The van der Waals surface area contributed by atoms with Gasteiger partial charge in [0.2, 0.25) is 0 Å². The van der Waals surface area contributed by atoms with E-state index in [1.165, 1.54) is 16.3 Å². The van der Waals surface area contributed by atoms with Crippen LogP contribution >= 0.6 is 23.1 Å². The molecule has 0 unspecified atom stereocenters. The molecular weight excluding hydrogens is 224 g/mol. The Labute approximate surface area is 101 Å². The first-order valence-corrected chi connectivity index (χ1v) is 7.34. The van der Waals surface area contributed by atoms with Crippen LogP contribution in [0, 0.1) is 0 Å². The van der Waals surface area contributed by atoms with Crippen LogP contribution in [0.4, 0.5) is 0 Å². The topological polar surface area (TPSA) is 24.9 Å². The second-order valence-corrected chi connectivity index (χ2v) is 6.52. The van der Waals surface area contributed by atoms with Gasteiger partial charge in [-0.1, -0.05) is 20.8 Å². The summed E-state index contributed by atoms with van der Waals surface area (Å²) in [7, 11) is 0. The fourth-order valence-electron chi connectivity index (χ4n) is 1.12. The van der Waals surface area contributed by atoms with Gasteiger partial charge in [0.1, 0.15) is 5.01 Å². The van der Waals surface area contributed by atoms with Crippen LogP contribution in [0.1, 0.15) is 37.1 Å². The highest BCUT2D eigenvalue weighted by Crippen LogP contribution is 2.21. The van der Waals surface area contributed by atoms with Crippen molar-refractivity contribution in [3.8, 4) is 0 Å². The second-order valence-electron chi connectivity index (χ2n) is 3.76. The van der Waals surface area contributed by atoms with Gasteiger partial charge in [0.05, 0.1) is 0 Å². The van der Waals surface area contributed by atoms with Gasteiger partial charge in [-0.05, 0) is 18.2 Å². The van der Waals surface area contributed by atoms with E-state index in [1.807, 2.05) is 29.3 Å². The Morgan fingerprint density at radius 3 is 3.00 bits per heavy atom. The van der Waals surface area contributed by atoms with Crippen molar-refractivity contribution in [2.75, 3.05) is 6.54 Å². The SMILES string of the molecule is CCCNCc1cnc(CSC(C)C)s1. The number of thioether (sulfide) groups is 1. The molecule has 0 bridgehead atoms. The summed E-state index contributed by atoms with van der Waals surface area (Å²) >= 11 is 3.78. The lowest BCUT2D eigenvalue weighted by Gasteiger charge is -2.00. The molecule has 0 aromatic carbocycles. The summed E-state index contributed by atoms with van der Waals surface area (Å²) < 4.78 is 0. The van der Waals surface area contributed by atoms with Crippen molar-refractivity contribution < 1.29 is 0 Å². The Balaban J connectivity index is 2.29. The zero-order valence-electron chi connectivity index (χ0n) is 9.75. The van der Waals surface area contributed by atoms with Crippen molar-refractivity contribution in [3.05, 3.63) is 16.1 Å². The van der Waals surface area contributed by atoms with Crippen molar-refractivity contribution in [2.24, 2.45) is 0 Å². The van der Waals surface area contributed by atoms with Gasteiger partial charge < -0.3 is 5.32 Å². The predicted octanol–water partition coefficient (Wildman–Crippen LogP) is 3.28. The first-order chi connectivity index (χ1) is 7.22. The molecule has 0 atom stereocenters. The molecule has 0 saturated carbocycles. The Morgan fingerprint density at radius 1 is 1.53 bits per heavy atom. The molecule has 4 heteroatoms. The molecule has 0 aliphatic carbocycles. The van der Waals surface area contributed by atoms with Crippen molar-refractivity contribution in [1.29, 1.82) is 0 Å². The fraction of sp³-hybridized carbons (Fsp3) is 0.727. The van der Waals surface area contributed by atoms with Crippen LogP contribution in [0.2, 0.25) is 0 Å². The van der Waals surface area contributed by atoms with Gasteiger partial charge >= 0.3 is 0 Å². The first-order valence-electron chi connectivity index (χ1n) is 5.48. The molecule has 15 heavy (non-hydrogen) atoms. The van der Waals surface area contributed by atoms with E-state index in [-0.39, 0.29) is 0 Å². The maximum Gasteiger partial charge on any atom is 0.103 e. The summed E-state index contributed by atoms with van der Waals surface area (Å²) in [5.74, 6) is 1.05. The van der Waals surface area contributed by atoms with E-state index >= 15 is 0 Å². The Bertz CT molecular complexity index is 271. The quantitative estimate of drug-likeness (QED) is 0.745. The lowest BCUT2D eigenvalue weighted by Crippen LogP contribution is -2.12. The Morgan fingerprint density at radius 2 is 2.33 bits per heavy atom. The molecule has 1 rings (SSSR count). The molecule has 0 fully saturated rings. The summed E-state index contributed by atoms with van der Waals surface area (Å²) in [4.78, 5) is 5.77. The largest absolute Gasteiger partial charge is 0.312 e. The van der Waals surface area contributed by atoms with Crippen molar-refractivity contribution >= 4 is 23.1 Å². The van der Waals surface area contributed by atoms with E-state index in [1.54, 1.807) is 0 Å². The van der Waals surface area contributed by atoms with Crippen LogP contribution in [0.5, 0.6) is 0 Å². The number of nitrogens with zero attached hydrogens (tertiary/aromatic N) is 1. The Hall–Kier alpha value is -0.0600. The van der Waals surface area contributed by atoms with Crippen LogP contribution in [0.3, 0.4) is 0 Å². The van der Waals surface area contributed by atoms with E-state index in [0.29, 0.717) is 5.25 Å². The maximum absolute atomic E-state index is 4.42. The van der Waals surface area contributed by atoms with Gasteiger partial charge in [0.15, 0.2) is 0 Å². The number of hydrogen-bond donors (Lipinski definition) is 1. The summed E-state index contributed by atoms with van der Waals surface area (Å²) in [5, 5.41) is 5.34. The number of thiazole rings is 1. The van der Waals surface area contributed by atoms with Gasteiger partial charge in [0.25, 0.3) is 0 Å². The molecule has 1 N–H and O–H groups in total. The minimum atomic E-state index is 0.690. The van der Waals surface area contributed by atoms with Crippen LogP contribution in [-0.4, -0.2) is 16.8 Å². The predicted molar refractivity (Wildman–Crippen MR) is 70.5 cm³/mol. The number of aromatic nitrogens is 1. The highest BCUT2D eigenvalue weighted by molar-refractivity contribution is 7.99. The van der Waals surface area contributed by atoms with Gasteiger partial charge in [0, 0.05) is 23.4 Å². The molecular formula is C11H20N2S2. The minimum absolute atomic E-state index is 0.690. The smallest absolute Gasteiger partial charge is 0.103 e. The molecule has 2 nitrogen and oxygen atoms in total. The van der Waals surface area contributed by atoms with E-state index < -0.39 is 0 Å². The van der Waals surface area contributed by atoms with E-state index in [0.717, 1.165) is 18.8 Å². The van der Waals surface area contributed by atoms with E-state index in [4.69, 9.17) is 0 Å².